The largest absolute Gasteiger partial charge is 0.478 e. The first-order chi connectivity index (χ1) is 16.6. The van der Waals surface area contributed by atoms with E-state index in [0.29, 0.717) is 24.7 Å². The molecule has 1 N–H and O–H groups in total. The van der Waals surface area contributed by atoms with E-state index in [1.807, 2.05) is 37.3 Å². The minimum Gasteiger partial charge on any atom is -0.478 e. The molecule has 5 rings (SSSR count). The van der Waals surface area contributed by atoms with Gasteiger partial charge in [-0.15, -0.1) is 0 Å². The third kappa shape index (κ3) is 4.85. The summed E-state index contributed by atoms with van der Waals surface area (Å²) in [6, 6.07) is 13.3. The van der Waals surface area contributed by atoms with Gasteiger partial charge in [0.1, 0.15) is 11.6 Å². The molecule has 7 heteroatoms. The molecule has 34 heavy (non-hydrogen) atoms. The summed E-state index contributed by atoms with van der Waals surface area (Å²) in [4.78, 5) is 20.9. The number of nitrogens with zero attached hydrogens (tertiary/aromatic N) is 3. The number of fused-ring (bicyclic) bond motifs is 2. The van der Waals surface area contributed by atoms with Gasteiger partial charge in [0.15, 0.2) is 0 Å². The Morgan fingerprint density at radius 3 is 2.68 bits per heavy atom. The fraction of sp³-hybridized carbons (Fsp3) is 0.407. The van der Waals surface area contributed by atoms with Crippen LogP contribution >= 0.6 is 0 Å². The van der Waals surface area contributed by atoms with Gasteiger partial charge in [0.05, 0.1) is 6.61 Å². The molecule has 1 aromatic heterocycles. The van der Waals surface area contributed by atoms with Crippen molar-refractivity contribution in [1.82, 2.24) is 9.88 Å². The minimum absolute atomic E-state index is 0.0160. The highest BCUT2D eigenvalue weighted by Crippen LogP contribution is 2.30. The van der Waals surface area contributed by atoms with E-state index >= 15 is 0 Å². The van der Waals surface area contributed by atoms with Gasteiger partial charge in [0.25, 0.3) is 0 Å². The molecule has 0 unspecified atom stereocenters. The second-order valence-corrected chi connectivity index (χ2v) is 9.15. The number of nitrogens with one attached hydrogen (secondary N) is 1. The van der Waals surface area contributed by atoms with Crippen molar-refractivity contribution in [2.24, 2.45) is 0 Å². The van der Waals surface area contributed by atoms with E-state index in [0.717, 1.165) is 79.6 Å². The van der Waals surface area contributed by atoms with E-state index in [4.69, 9.17) is 4.74 Å². The van der Waals surface area contributed by atoms with Crippen LogP contribution in [0.4, 0.5) is 15.9 Å². The second kappa shape index (κ2) is 9.97. The van der Waals surface area contributed by atoms with Crippen LogP contribution in [0, 0.1) is 12.7 Å². The number of unbranched alkanes of at least 4 members (excludes halogenated alkanes) is 1. The molecule has 2 aliphatic heterocycles. The number of rotatable bonds is 7. The summed E-state index contributed by atoms with van der Waals surface area (Å²) in [5.41, 5.74) is 3.22. The highest BCUT2D eigenvalue weighted by Gasteiger charge is 2.20. The molecule has 1 fully saturated rings. The Morgan fingerprint density at radius 1 is 1.06 bits per heavy atom. The molecule has 2 aliphatic rings. The first-order valence-electron chi connectivity index (χ1n) is 12.2. The van der Waals surface area contributed by atoms with Gasteiger partial charge in [0.2, 0.25) is 11.8 Å². The highest BCUT2D eigenvalue weighted by atomic mass is 19.1. The molecule has 178 valence electrons. The molecule has 0 radical (unpaired) electrons. The lowest BCUT2D eigenvalue weighted by atomic mass is 10.0. The summed E-state index contributed by atoms with van der Waals surface area (Å²) in [5, 5.41) is 4.53. The van der Waals surface area contributed by atoms with Gasteiger partial charge in [-0.25, -0.2) is 4.39 Å². The molecule has 3 heterocycles. The fourth-order valence-electron chi connectivity index (χ4n) is 4.96. The van der Waals surface area contributed by atoms with E-state index in [1.165, 1.54) is 0 Å². The topological polar surface area (TPSA) is 57.7 Å². The Kier molecular flexibility index (Phi) is 6.63. The summed E-state index contributed by atoms with van der Waals surface area (Å²) in [7, 11) is 0. The van der Waals surface area contributed by atoms with Crippen molar-refractivity contribution in [3.05, 3.63) is 59.4 Å². The molecular formula is C27H31FN4O2. The van der Waals surface area contributed by atoms with Crippen LogP contribution in [0.1, 0.15) is 30.4 Å². The molecule has 1 amide bonds. The predicted molar refractivity (Wildman–Crippen MR) is 133 cm³/mol. The molecule has 3 aromatic rings. The molecule has 2 aromatic carbocycles. The minimum atomic E-state index is -0.151. The number of benzene rings is 2. The second-order valence-electron chi connectivity index (χ2n) is 9.15. The smallest absolute Gasteiger partial charge is 0.225 e. The van der Waals surface area contributed by atoms with Crippen LogP contribution < -0.4 is 15.0 Å². The lowest BCUT2D eigenvalue weighted by Gasteiger charge is -2.36. The number of aromatic nitrogens is 1. The van der Waals surface area contributed by atoms with Gasteiger partial charge in [-0.05, 0) is 61.4 Å². The zero-order chi connectivity index (χ0) is 23.5. The van der Waals surface area contributed by atoms with Gasteiger partial charge in [0, 0.05) is 49.7 Å². The van der Waals surface area contributed by atoms with E-state index in [-0.39, 0.29) is 11.7 Å². The van der Waals surface area contributed by atoms with Crippen LogP contribution in [-0.2, 0) is 11.2 Å². The predicted octanol–water partition coefficient (Wildman–Crippen LogP) is 4.55. The van der Waals surface area contributed by atoms with Gasteiger partial charge in [-0.2, -0.15) is 4.98 Å². The fourth-order valence-corrected chi connectivity index (χ4v) is 4.96. The average Bonchev–Trinajstić information content (AvgIpc) is 2.84. The lowest BCUT2D eigenvalue weighted by molar-refractivity contribution is -0.116. The van der Waals surface area contributed by atoms with Crippen LogP contribution in [-0.4, -0.2) is 55.1 Å². The number of aryl methyl sites for hydroxylation is 1. The normalized spacial score (nSPS) is 16.4. The van der Waals surface area contributed by atoms with Crippen molar-refractivity contribution >= 4 is 28.2 Å². The van der Waals surface area contributed by atoms with E-state index in [2.05, 4.69) is 20.1 Å². The summed E-state index contributed by atoms with van der Waals surface area (Å²) >= 11 is 0. The Labute approximate surface area is 199 Å². The first kappa shape index (κ1) is 22.6. The molecule has 6 nitrogen and oxygen atoms in total. The molecular weight excluding hydrogens is 431 g/mol. The third-order valence-electron chi connectivity index (χ3n) is 6.85. The number of carbonyl (C=O) groups excluding carboxylic acids is 1. The molecule has 0 aliphatic carbocycles. The average molecular weight is 463 g/mol. The Bertz CT molecular complexity index is 1190. The maximum atomic E-state index is 14.5. The zero-order valence-electron chi connectivity index (χ0n) is 19.6. The number of anilines is 2. The zero-order valence-corrected chi connectivity index (χ0v) is 19.6. The monoisotopic (exact) mass is 462 g/mol. The Morgan fingerprint density at radius 2 is 1.85 bits per heavy atom. The van der Waals surface area contributed by atoms with E-state index in [1.54, 1.807) is 12.1 Å². The molecule has 0 bridgehead atoms. The number of hydrogen-bond acceptors (Lipinski definition) is 5. The highest BCUT2D eigenvalue weighted by molar-refractivity contribution is 5.95. The number of pyridine rings is 1. The summed E-state index contributed by atoms with van der Waals surface area (Å²) in [5.74, 6) is 1.09. The van der Waals surface area contributed by atoms with Gasteiger partial charge in [-0.1, -0.05) is 24.3 Å². The van der Waals surface area contributed by atoms with Crippen molar-refractivity contribution in [2.75, 3.05) is 49.5 Å². The number of halogens is 1. The Balaban J connectivity index is 1.07. The maximum Gasteiger partial charge on any atom is 0.225 e. The van der Waals surface area contributed by atoms with Crippen LogP contribution in [0.5, 0.6) is 5.88 Å². The van der Waals surface area contributed by atoms with E-state index in [9.17, 15) is 9.18 Å². The summed E-state index contributed by atoms with van der Waals surface area (Å²) in [6.07, 6.45) is 3.24. The van der Waals surface area contributed by atoms with Crippen molar-refractivity contribution in [1.29, 1.82) is 0 Å². The van der Waals surface area contributed by atoms with Gasteiger partial charge in [-0.3, -0.25) is 9.69 Å². The Hall–Kier alpha value is -3.19. The van der Waals surface area contributed by atoms with Gasteiger partial charge < -0.3 is 15.0 Å². The van der Waals surface area contributed by atoms with Gasteiger partial charge >= 0.3 is 0 Å². The van der Waals surface area contributed by atoms with Crippen LogP contribution in [0.25, 0.3) is 10.8 Å². The van der Waals surface area contributed by atoms with Crippen LogP contribution in [0.2, 0.25) is 0 Å². The van der Waals surface area contributed by atoms with Crippen molar-refractivity contribution in [3.8, 4) is 5.88 Å². The quantitative estimate of drug-likeness (QED) is 0.522. The number of ether oxygens (including phenoxy) is 1. The number of piperazine rings is 1. The summed E-state index contributed by atoms with van der Waals surface area (Å²) < 4.78 is 20.4. The first-order valence-corrected chi connectivity index (χ1v) is 12.2. The molecule has 0 saturated carbocycles. The number of carbonyl (C=O) groups is 1. The number of amides is 1. The SMILES string of the molecule is Cc1cc(OCCCCN2CCN(c3cccc4cccc(F)c34)CC2)nc2c1CCC(=O)N2. The van der Waals surface area contributed by atoms with E-state index < -0.39 is 0 Å². The van der Waals surface area contributed by atoms with Crippen molar-refractivity contribution in [3.63, 3.8) is 0 Å². The van der Waals surface area contributed by atoms with Crippen LogP contribution in [0.15, 0.2) is 42.5 Å². The van der Waals surface area contributed by atoms with Crippen molar-refractivity contribution in [2.45, 2.75) is 32.6 Å². The van der Waals surface area contributed by atoms with Crippen LogP contribution in [0.3, 0.4) is 0 Å². The standard InChI is InChI=1S/C27H31FN4O2/c1-19-18-25(30-27-21(19)10-11-24(33)29-27)34-17-3-2-12-31-13-15-32(16-14-31)23-9-5-7-20-6-4-8-22(28)26(20)23/h4-9,18H,2-3,10-17H2,1H3,(H,29,30,33). The van der Waals surface area contributed by atoms with Crippen molar-refractivity contribution < 1.29 is 13.9 Å². The molecule has 0 spiro atoms. The summed E-state index contributed by atoms with van der Waals surface area (Å²) in [6.45, 7) is 7.40. The lowest BCUT2D eigenvalue weighted by Crippen LogP contribution is -2.46. The molecule has 0 atom stereocenters. The third-order valence-corrected chi connectivity index (χ3v) is 6.85. The number of hydrogen-bond donors (Lipinski definition) is 1. The molecule has 1 saturated heterocycles. The maximum absolute atomic E-state index is 14.5.